The maximum atomic E-state index is 12.1. The maximum Gasteiger partial charge on any atom is 0.292 e. The molecule has 0 amide bonds. The van der Waals surface area contributed by atoms with Crippen molar-refractivity contribution in [2.75, 3.05) is 13.2 Å². The minimum Gasteiger partial charge on any atom is -0.395 e. The maximum absolute atomic E-state index is 12.1. The Bertz CT molecular complexity index is 827. The molecule has 0 bridgehead atoms. The minimum absolute atomic E-state index is 0.0115. The van der Waals surface area contributed by atoms with E-state index in [0.717, 1.165) is 5.56 Å². The van der Waals surface area contributed by atoms with Crippen LogP contribution in [0.2, 0.25) is 0 Å². The number of hydrogen-bond donors (Lipinski definition) is 2. The molecule has 3 heterocycles. The summed E-state index contributed by atoms with van der Waals surface area (Å²) in [5, 5.41) is 15.7. The standard InChI is InChI=1S/C12H11N5O2S/c18-6-5-14-7-9-11(19)17-12(20-9)15-10(16-17)8-1-3-13-4-2-8/h1-4,7,14,18H,5-6H2/b9-7-. The number of aliphatic hydroxyl groups is 1. The Morgan fingerprint density at radius 1 is 1.40 bits per heavy atom. The van der Waals surface area contributed by atoms with Crippen molar-refractivity contribution in [1.82, 2.24) is 24.9 Å². The lowest BCUT2D eigenvalue weighted by Gasteiger charge is -1.92. The van der Waals surface area contributed by atoms with Gasteiger partial charge in [0.15, 0.2) is 5.82 Å². The quantitative estimate of drug-likeness (QED) is 0.614. The normalized spacial score (nSPS) is 12.2. The summed E-state index contributed by atoms with van der Waals surface area (Å²) < 4.78 is 1.79. The number of nitrogens with zero attached hydrogens (tertiary/aromatic N) is 4. The highest BCUT2D eigenvalue weighted by atomic mass is 32.1. The second-order valence-electron chi connectivity index (χ2n) is 3.96. The first-order valence-electron chi connectivity index (χ1n) is 5.94. The largest absolute Gasteiger partial charge is 0.395 e. The molecule has 0 aliphatic carbocycles. The molecular formula is C12H11N5O2S. The summed E-state index contributed by atoms with van der Waals surface area (Å²) in [6.45, 7) is 0.410. The van der Waals surface area contributed by atoms with Gasteiger partial charge in [-0.25, -0.2) is 0 Å². The number of nitrogens with one attached hydrogen (secondary N) is 1. The van der Waals surface area contributed by atoms with Crippen LogP contribution in [0.1, 0.15) is 0 Å². The van der Waals surface area contributed by atoms with E-state index < -0.39 is 0 Å². The summed E-state index contributed by atoms with van der Waals surface area (Å²) in [5.74, 6) is 0.505. The van der Waals surface area contributed by atoms with Crippen molar-refractivity contribution in [3.8, 4) is 11.4 Å². The first-order chi connectivity index (χ1) is 9.79. The second-order valence-corrected chi connectivity index (χ2v) is 4.97. The molecule has 102 valence electrons. The van der Waals surface area contributed by atoms with Crippen molar-refractivity contribution in [1.29, 1.82) is 0 Å². The van der Waals surface area contributed by atoms with Gasteiger partial charge in [-0.15, -0.1) is 5.10 Å². The Morgan fingerprint density at radius 3 is 2.90 bits per heavy atom. The van der Waals surface area contributed by atoms with Crippen molar-refractivity contribution < 1.29 is 5.11 Å². The van der Waals surface area contributed by atoms with Gasteiger partial charge in [0, 0.05) is 30.7 Å². The lowest BCUT2D eigenvalue weighted by molar-refractivity contribution is 0.300. The molecule has 20 heavy (non-hydrogen) atoms. The van der Waals surface area contributed by atoms with Crippen LogP contribution in [0.25, 0.3) is 22.5 Å². The molecule has 7 nitrogen and oxygen atoms in total. The molecular weight excluding hydrogens is 278 g/mol. The fourth-order valence-electron chi connectivity index (χ4n) is 1.69. The van der Waals surface area contributed by atoms with Crippen LogP contribution < -0.4 is 15.4 Å². The van der Waals surface area contributed by atoms with E-state index in [1.54, 1.807) is 30.7 Å². The van der Waals surface area contributed by atoms with Crippen LogP contribution >= 0.6 is 11.3 Å². The van der Waals surface area contributed by atoms with Gasteiger partial charge in [-0.1, -0.05) is 11.3 Å². The molecule has 0 aliphatic rings. The zero-order valence-electron chi connectivity index (χ0n) is 10.4. The van der Waals surface area contributed by atoms with Crippen molar-refractivity contribution in [3.63, 3.8) is 0 Å². The van der Waals surface area contributed by atoms with Crippen LogP contribution in [0.5, 0.6) is 0 Å². The number of rotatable bonds is 4. The third-order valence-electron chi connectivity index (χ3n) is 2.61. The Hall–Kier alpha value is -2.32. The van der Waals surface area contributed by atoms with E-state index in [0.29, 0.717) is 21.9 Å². The molecule has 2 N–H and O–H groups in total. The van der Waals surface area contributed by atoms with E-state index in [-0.39, 0.29) is 12.2 Å². The van der Waals surface area contributed by atoms with E-state index in [1.807, 2.05) is 0 Å². The average molecular weight is 289 g/mol. The molecule has 0 fully saturated rings. The predicted octanol–water partition coefficient (Wildman–Crippen LogP) is -0.748. The van der Waals surface area contributed by atoms with Gasteiger partial charge in [-0.3, -0.25) is 9.78 Å². The van der Waals surface area contributed by atoms with Crippen LogP contribution in [-0.2, 0) is 0 Å². The van der Waals surface area contributed by atoms with Crippen molar-refractivity contribution in [2.45, 2.75) is 0 Å². The van der Waals surface area contributed by atoms with E-state index in [1.165, 1.54) is 15.9 Å². The Kier molecular flexibility index (Phi) is 3.40. The third kappa shape index (κ3) is 2.26. The van der Waals surface area contributed by atoms with Crippen LogP contribution in [-0.4, -0.2) is 37.8 Å². The van der Waals surface area contributed by atoms with E-state index in [2.05, 4.69) is 20.4 Å². The first-order valence-corrected chi connectivity index (χ1v) is 6.75. The molecule has 3 rings (SSSR count). The van der Waals surface area contributed by atoms with Gasteiger partial charge in [0.05, 0.1) is 6.61 Å². The number of aromatic nitrogens is 4. The number of fused-ring (bicyclic) bond motifs is 1. The van der Waals surface area contributed by atoms with Gasteiger partial charge in [0.25, 0.3) is 5.56 Å². The van der Waals surface area contributed by atoms with Crippen LogP contribution in [0.15, 0.2) is 29.3 Å². The summed E-state index contributed by atoms with van der Waals surface area (Å²) in [7, 11) is 0. The molecule has 0 aliphatic heterocycles. The molecule has 3 aromatic heterocycles. The molecule has 0 spiro atoms. The molecule has 0 atom stereocenters. The number of thiazole rings is 1. The van der Waals surface area contributed by atoms with Crippen LogP contribution in [0, 0.1) is 0 Å². The van der Waals surface area contributed by atoms with E-state index in [9.17, 15) is 4.79 Å². The lowest BCUT2D eigenvalue weighted by atomic mass is 10.3. The summed E-state index contributed by atoms with van der Waals surface area (Å²) in [4.78, 5) is 20.9. The fourth-order valence-corrected chi connectivity index (χ4v) is 2.54. The topological polar surface area (TPSA) is 92.4 Å². The fraction of sp³-hybridized carbons (Fsp3) is 0.167. The summed E-state index contributed by atoms with van der Waals surface area (Å²) in [6, 6.07) is 3.58. The summed E-state index contributed by atoms with van der Waals surface area (Å²) in [5.41, 5.74) is 0.600. The summed E-state index contributed by atoms with van der Waals surface area (Å²) in [6.07, 6.45) is 4.88. The average Bonchev–Trinajstić information content (AvgIpc) is 3.01. The molecule has 0 unspecified atom stereocenters. The van der Waals surface area contributed by atoms with Crippen molar-refractivity contribution in [3.05, 3.63) is 39.4 Å². The molecule has 0 saturated heterocycles. The lowest BCUT2D eigenvalue weighted by Crippen LogP contribution is -2.27. The van der Waals surface area contributed by atoms with Crippen LogP contribution in [0.4, 0.5) is 0 Å². The number of aliphatic hydroxyl groups excluding tert-OH is 1. The van der Waals surface area contributed by atoms with Gasteiger partial charge in [0.1, 0.15) is 4.53 Å². The van der Waals surface area contributed by atoms with Crippen molar-refractivity contribution >= 4 is 22.5 Å². The zero-order valence-corrected chi connectivity index (χ0v) is 11.2. The Balaban J connectivity index is 2.03. The second kappa shape index (κ2) is 5.35. The Morgan fingerprint density at radius 2 is 2.20 bits per heavy atom. The zero-order chi connectivity index (χ0) is 13.9. The highest BCUT2D eigenvalue weighted by molar-refractivity contribution is 7.15. The monoisotopic (exact) mass is 289 g/mol. The minimum atomic E-state index is -0.219. The van der Waals surface area contributed by atoms with Gasteiger partial charge in [0.2, 0.25) is 4.96 Å². The SMILES string of the molecule is O=c1/c(=C/NCCO)sc2nc(-c3ccncc3)nn12. The number of hydrogen-bond acceptors (Lipinski definition) is 7. The highest BCUT2D eigenvalue weighted by Crippen LogP contribution is 2.14. The molecule has 0 aromatic carbocycles. The highest BCUT2D eigenvalue weighted by Gasteiger charge is 2.11. The number of pyridine rings is 1. The molecule has 3 aromatic rings. The first kappa shape index (κ1) is 12.7. The predicted molar refractivity (Wildman–Crippen MR) is 75.1 cm³/mol. The van der Waals surface area contributed by atoms with Crippen molar-refractivity contribution in [2.24, 2.45) is 0 Å². The van der Waals surface area contributed by atoms with Gasteiger partial charge in [-0.2, -0.15) is 9.50 Å². The van der Waals surface area contributed by atoms with Gasteiger partial charge in [-0.05, 0) is 12.1 Å². The Labute approximate surface area is 117 Å². The van der Waals surface area contributed by atoms with E-state index >= 15 is 0 Å². The van der Waals surface area contributed by atoms with Gasteiger partial charge < -0.3 is 10.4 Å². The van der Waals surface area contributed by atoms with E-state index in [4.69, 9.17) is 5.11 Å². The molecule has 8 heteroatoms. The third-order valence-corrected chi connectivity index (χ3v) is 3.57. The van der Waals surface area contributed by atoms with Crippen LogP contribution in [0.3, 0.4) is 0 Å². The molecule has 0 radical (unpaired) electrons. The molecule has 0 saturated carbocycles. The smallest absolute Gasteiger partial charge is 0.292 e. The summed E-state index contributed by atoms with van der Waals surface area (Å²) >= 11 is 1.25. The van der Waals surface area contributed by atoms with Gasteiger partial charge >= 0.3 is 0 Å².